The van der Waals surface area contributed by atoms with Gasteiger partial charge in [-0.05, 0) is 51.0 Å². The van der Waals surface area contributed by atoms with Gasteiger partial charge in [-0.15, -0.1) is 0 Å². The van der Waals surface area contributed by atoms with Crippen LogP contribution in [0, 0.1) is 6.92 Å². The molecule has 0 aliphatic carbocycles. The fourth-order valence-corrected chi connectivity index (χ4v) is 4.58. The zero-order valence-electron chi connectivity index (χ0n) is 18.8. The molecule has 0 radical (unpaired) electrons. The summed E-state index contributed by atoms with van der Waals surface area (Å²) in [5.41, 5.74) is 2.09. The van der Waals surface area contributed by atoms with Crippen molar-refractivity contribution in [2.75, 3.05) is 30.0 Å². The molecule has 0 spiro atoms. The second kappa shape index (κ2) is 11.5. The number of aliphatic hydroxyl groups excluding tert-OH is 1. The van der Waals surface area contributed by atoms with Crippen LogP contribution >= 0.6 is 11.8 Å². The number of hydrogen-bond donors (Lipinski definition) is 2. The number of imidazole rings is 1. The lowest BCUT2D eigenvalue weighted by Gasteiger charge is -2.37. The molecule has 3 heterocycles. The predicted octanol–water partition coefficient (Wildman–Crippen LogP) is 2.51. The van der Waals surface area contributed by atoms with Gasteiger partial charge in [0.25, 0.3) is 0 Å². The minimum Gasteiger partial charge on any atom is -0.391 e. The van der Waals surface area contributed by atoms with E-state index in [4.69, 9.17) is 4.98 Å². The number of amides is 1. The number of carbonyl (C=O) groups excluding carboxylic acids is 1. The third kappa shape index (κ3) is 6.20. The second-order valence-electron chi connectivity index (χ2n) is 8.02. The molecule has 0 aromatic carbocycles. The third-order valence-corrected chi connectivity index (χ3v) is 6.42. The van der Waals surface area contributed by atoms with Gasteiger partial charge in [0.15, 0.2) is 0 Å². The first-order valence-electron chi connectivity index (χ1n) is 11.1. The Morgan fingerprint density at radius 2 is 2.23 bits per heavy atom. The van der Waals surface area contributed by atoms with Crippen molar-refractivity contribution >= 4 is 23.5 Å². The summed E-state index contributed by atoms with van der Waals surface area (Å²) < 4.78 is 1.82. The van der Waals surface area contributed by atoms with Crippen LogP contribution in [-0.4, -0.2) is 67.8 Å². The average molecular weight is 447 g/mol. The molecule has 1 fully saturated rings. The first-order valence-corrected chi connectivity index (χ1v) is 12.5. The lowest BCUT2D eigenvalue weighted by molar-refractivity contribution is -0.122. The Balaban J connectivity index is 1.76. The van der Waals surface area contributed by atoms with Gasteiger partial charge in [0.05, 0.1) is 6.10 Å². The molecular weight excluding hydrogens is 412 g/mol. The lowest BCUT2D eigenvalue weighted by Crippen LogP contribution is -2.44. The number of aryl methyl sites for hydroxylation is 1. The Bertz CT molecular complexity index is 845. The van der Waals surface area contributed by atoms with E-state index in [1.54, 1.807) is 24.3 Å². The average Bonchev–Trinajstić information content (AvgIpc) is 3.31. The molecule has 1 aliphatic heterocycles. The summed E-state index contributed by atoms with van der Waals surface area (Å²) in [5.74, 6) is 2.40. The Kier molecular flexibility index (Phi) is 8.71. The quantitative estimate of drug-likeness (QED) is 0.579. The van der Waals surface area contributed by atoms with Crippen molar-refractivity contribution < 1.29 is 9.90 Å². The van der Waals surface area contributed by atoms with Crippen LogP contribution in [0.1, 0.15) is 50.3 Å². The van der Waals surface area contributed by atoms with Crippen LogP contribution in [0.4, 0.5) is 5.82 Å². The van der Waals surface area contributed by atoms with Crippen LogP contribution in [0.5, 0.6) is 0 Å². The molecule has 2 atom stereocenters. The molecule has 1 saturated heterocycles. The maximum Gasteiger partial charge on any atom is 0.237 e. The summed E-state index contributed by atoms with van der Waals surface area (Å²) in [6.07, 6.45) is 11.8. The van der Waals surface area contributed by atoms with Crippen LogP contribution in [0.25, 0.3) is 5.95 Å². The molecule has 8 nitrogen and oxygen atoms in total. The predicted molar refractivity (Wildman–Crippen MR) is 125 cm³/mol. The van der Waals surface area contributed by atoms with Crippen LogP contribution in [0.3, 0.4) is 0 Å². The van der Waals surface area contributed by atoms with Crippen LogP contribution in [-0.2, 0) is 11.2 Å². The highest BCUT2D eigenvalue weighted by Crippen LogP contribution is 2.30. The summed E-state index contributed by atoms with van der Waals surface area (Å²) in [5, 5.41) is 12.9. The van der Waals surface area contributed by atoms with Gasteiger partial charge < -0.3 is 15.3 Å². The number of anilines is 1. The van der Waals surface area contributed by atoms with Gasteiger partial charge in [-0.1, -0.05) is 6.92 Å². The topological polar surface area (TPSA) is 96.2 Å². The molecule has 170 valence electrons. The molecule has 2 aromatic heterocycles. The van der Waals surface area contributed by atoms with E-state index in [0.29, 0.717) is 25.3 Å². The SMILES string of the molecule is CCc1c(C)nc(-n2ccnc2)nc1N1CCCCC1CC(=O)NCC(O)CCSC. The van der Waals surface area contributed by atoms with Crippen LogP contribution < -0.4 is 10.2 Å². The van der Waals surface area contributed by atoms with Gasteiger partial charge in [0.1, 0.15) is 12.1 Å². The number of rotatable bonds is 10. The molecular formula is C22H34N6O2S. The van der Waals surface area contributed by atoms with Gasteiger partial charge >= 0.3 is 0 Å². The van der Waals surface area contributed by atoms with Crippen molar-refractivity contribution in [1.82, 2.24) is 24.8 Å². The summed E-state index contributed by atoms with van der Waals surface area (Å²) >= 11 is 1.70. The molecule has 2 N–H and O–H groups in total. The number of aliphatic hydroxyl groups is 1. The third-order valence-electron chi connectivity index (χ3n) is 5.78. The van der Waals surface area contributed by atoms with Crippen molar-refractivity contribution in [3.05, 3.63) is 30.0 Å². The molecule has 1 aliphatic rings. The maximum absolute atomic E-state index is 12.6. The van der Waals surface area contributed by atoms with Gasteiger partial charge in [-0.25, -0.2) is 9.97 Å². The Morgan fingerprint density at radius 3 is 2.94 bits per heavy atom. The Morgan fingerprint density at radius 1 is 1.39 bits per heavy atom. The largest absolute Gasteiger partial charge is 0.391 e. The van der Waals surface area contributed by atoms with Crippen molar-refractivity contribution in [3.63, 3.8) is 0 Å². The highest BCUT2D eigenvalue weighted by atomic mass is 32.2. The molecule has 1 amide bonds. The standard InChI is InChI=1S/C22H34N6O2S/c1-4-19-16(2)25-22(27-11-9-23-15-27)26-21(19)28-10-6-5-7-17(28)13-20(30)24-14-18(29)8-12-31-3/h9,11,15,17-18,29H,4-8,10,12-14H2,1-3H3,(H,24,30). The van der Waals surface area contributed by atoms with E-state index in [0.717, 1.165) is 55.1 Å². The van der Waals surface area contributed by atoms with E-state index < -0.39 is 6.10 Å². The molecule has 2 unspecified atom stereocenters. The first-order chi connectivity index (χ1) is 15.0. The van der Waals surface area contributed by atoms with E-state index in [1.807, 2.05) is 23.9 Å². The number of hydrogen-bond acceptors (Lipinski definition) is 7. The molecule has 2 aromatic rings. The number of thioether (sulfide) groups is 1. The number of carbonyl (C=O) groups is 1. The van der Waals surface area contributed by atoms with Crippen molar-refractivity contribution in [3.8, 4) is 5.95 Å². The van der Waals surface area contributed by atoms with Gasteiger partial charge in [0, 0.05) is 49.2 Å². The van der Waals surface area contributed by atoms with E-state index >= 15 is 0 Å². The van der Waals surface area contributed by atoms with Gasteiger partial charge in [-0.3, -0.25) is 9.36 Å². The van der Waals surface area contributed by atoms with Crippen molar-refractivity contribution in [1.29, 1.82) is 0 Å². The summed E-state index contributed by atoms with van der Waals surface area (Å²) in [6, 6.07) is 0.0901. The van der Waals surface area contributed by atoms with E-state index in [2.05, 4.69) is 27.1 Å². The zero-order chi connectivity index (χ0) is 22.2. The normalized spacial score (nSPS) is 17.5. The van der Waals surface area contributed by atoms with Crippen molar-refractivity contribution in [2.24, 2.45) is 0 Å². The smallest absolute Gasteiger partial charge is 0.237 e. The lowest BCUT2D eigenvalue weighted by atomic mass is 9.97. The number of nitrogens with one attached hydrogen (secondary N) is 1. The van der Waals surface area contributed by atoms with Crippen molar-refractivity contribution in [2.45, 2.75) is 64.5 Å². The molecule has 0 saturated carbocycles. The summed E-state index contributed by atoms with van der Waals surface area (Å²) in [4.78, 5) is 28.6. The van der Waals surface area contributed by atoms with Crippen LogP contribution in [0.2, 0.25) is 0 Å². The number of nitrogens with zero attached hydrogens (tertiary/aromatic N) is 5. The van der Waals surface area contributed by atoms with E-state index in [9.17, 15) is 9.90 Å². The van der Waals surface area contributed by atoms with E-state index in [-0.39, 0.29) is 11.9 Å². The highest BCUT2D eigenvalue weighted by Gasteiger charge is 2.28. The zero-order valence-corrected chi connectivity index (χ0v) is 19.6. The molecule has 31 heavy (non-hydrogen) atoms. The fourth-order valence-electron chi connectivity index (χ4n) is 4.08. The van der Waals surface area contributed by atoms with Gasteiger partial charge in [-0.2, -0.15) is 16.7 Å². The number of piperidine rings is 1. The second-order valence-corrected chi connectivity index (χ2v) is 9.01. The molecule has 9 heteroatoms. The maximum atomic E-state index is 12.6. The van der Waals surface area contributed by atoms with E-state index in [1.165, 1.54) is 0 Å². The molecule has 3 rings (SSSR count). The Labute approximate surface area is 188 Å². The summed E-state index contributed by atoms with van der Waals surface area (Å²) in [6.45, 7) is 5.32. The van der Waals surface area contributed by atoms with Crippen LogP contribution in [0.15, 0.2) is 18.7 Å². The minimum absolute atomic E-state index is 0.0150. The monoisotopic (exact) mass is 446 g/mol. The molecule has 0 bridgehead atoms. The van der Waals surface area contributed by atoms with Gasteiger partial charge in [0.2, 0.25) is 11.9 Å². The Hall–Kier alpha value is -2.13. The first kappa shape index (κ1) is 23.5. The summed E-state index contributed by atoms with van der Waals surface area (Å²) in [7, 11) is 0. The number of aromatic nitrogens is 4. The highest BCUT2D eigenvalue weighted by molar-refractivity contribution is 7.98. The fraction of sp³-hybridized carbons (Fsp3) is 0.636. The minimum atomic E-state index is -0.493.